The van der Waals surface area contributed by atoms with Crippen LogP contribution in [0.4, 0.5) is 0 Å². The Morgan fingerprint density at radius 1 is 1.44 bits per heavy atom. The Morgan fingerprint density at radius 2 is 2.17 bits per heavy atom. The average molecular weight is 274 g/mol. The molecule has 1 N–H and O–H groups in total. The fourth-order valence-corrected chi connectivity index (χ4v) is 2.88. The van der Waals surface area contributed by atoms with E-state index in [-0.39, 0.29) is 11.8 Å². The molecule has 18 heavy (non-hydrogen) atoms. The summed E-state index contributed by atoms with van der Waals surface area (Å²) in [5, 5.41) is 7.33. The monoisotopic (exact) mass is 274 g/mol. The summed E-state index contributed by atoms with van der Waals surface area (Å²) in [6.45, 7) is 5.59. The van der Waals surface area contributed by atoms with Crippen molar-refractivity contribution in [2.75, 3.05) is 18.6 Å². The number of sulfone groups is 1. The third-order valence-electron chi connectivity index (χ3n) is 2.56. The minimum atomic E-state index is -2.99. The number of aryl methyl sites for hydroxylation is 1. The van der Waals surface area contributed by atoms with Crippen molar-refractivity contribution in [3.63, 3.8) is 0 Å². The van der Waals surface area contributed by atoms with Crippen LogP contribution >= 0.6 is 0 Å². The summed E-state index contributed by atoms with van der Waals surface area (Å²) in [6, 6.07) is -0.107. The van der Waals surface area contributed by atoms with E-state index in [1.54, 1.807) is 0 Å². The lowest BCUT2D eigenvalue weighted by Crippen LogP contribution is -2.38. The largest absolute Gasteiger partial charge is 0.313 e. The Labute approximate surface area is 109 Å². The van der Waals surface area contributed by atoms with Crippen LogP contribution in [0.25, 0.3) is 0 Å². The summed E-state index contributed by atoms with van der Waals surface area (Å²) >= 11 is 0. The van der Waals surface area contributed by atoms with Crippen molar-refractivity contribution in [3.8, 4) is 0 Å². The Balaban J connectivity index is 2.73. The predicted molar refractivity (Wildman–Crippen MR) is 71.2 cm³/mol. The van der Waals surface area contributed by atoms with Gasteiger partial charge in [0.1, 0.15) is 22.0 Å². The highest BCUT2D eigenvalue weighted by atomic mass is 32.2. The van der Waals surface area contributed by atoms with Crippen molar-refractivity contribution in [3.05, 3.63) is 12.2 Å². The van der Waals surface area contributed by atoms with E-state index >= 15 is 0 Å². The Bertz CT molecular complexity index is 455. The van der Waals surface area contributed by atoms with E-state index in [9.17, 15) is 8.42 Å². The molecule has 1 rings (SSSR count). The van der Waals surface area contributed by atoms with Gasteiger partial charge >= 0.3 is 0 Å². The van der Waals surface area contributed by atoms with Gasteiger partial charge < -0.3 is 5.32 Å². The van der Waals surface area contributed by atoms with Gasteiger partial charge in [0.2, 0.25) is 0 Å². The fourth-order valence-electron chi connectivity index (χ4n) is 1.91. The molecule has 0 aliphatic carbocycles. The molecule has 0 saturated heterocycles. The molecule has 7 heteroatoms. The van der Waals surface area contributed by atoms with Gasteiger partial charge in [0, 0.05) is 25.3 Å². The number of hydrogen-bond donors (Lipinski definition) is 1. The van der Waals surface area contributed by atoms with E-state index < -0.39 is 9.84 Å². The molecule has 1 heterocycles. The maximum atomic E-state index is 11.4. The van der Waals surface area contributed by atoms with Crippen LogP contribution in [0.15, 0.2) is 6.33 Å². The number of nitrogens with zero attached hydrogens (tertiary/aromatic N) is 3. The standard InChI is InChI=1S/C11H22N4O2S/c1-4-6-15-11(13-9-14-15)7-10(12-5-2)8-18(3,16)17/h9-10,12H,4-8H2,1-3H3. The first kappa shape index (κ1) is 15.1. The van der Waals surface area contributed by atoms with Crippen molar-refractivity contribution < 1.29 is 8.42 Å². The summed E-state index contributed by atoms with van der Waals surface area (Å²) in [5.74, 6) is 0.964. The lowest BCUT2D eigenvalue weighted by Gasteiger charge is -2.16. The fraction of sp³-hybridized carbons (Fsp3) is 0.818. The molecule has 0 aliphatic heterocycles. The molecule has 0 amide bonds. The summed E-state index contributed by atoms with van der Waals surface area (Å²) in [7, 11) is -2.99. The van der Waals surface area contributed by atoms with Gasteiger partial charge in [-0.2, -0.15) is 5.10 Å². The topological polar surface area (TPSA) is 76.9 Å². The van der Waals surface area contributed by atoms with E-state index in [0.29, 0.717) is 6.42 Å². The highest BCUT2D eigenvalue weighted by Crippen LogP contribution is 2.03. The van der Waals surface area contributed by atoms with Crippen molar-refractivity contribution in [1.29, 1.82) is 0 Å². The number of likely N-dealkylation sites (N-methyl/N-ethyl adjacent to an activating group) is 1. The molecule has 1 aromatic heterocycles. The van der Waals surface area contributed by atoms with E-state index in [2.05, 4.69) is 22.3 Å². The van der Waals surface area contributed by atoms with Crippen LogP contribution in [0.2, 0.25) is 0 Å². The molecule has 0 aromatic carbocycles. The van der Waals surface area contributed by atoms with Crippen LogP contribution in [0.1, 0.15) is 26.1 Å². The summed E-state index contributed by atoms with van der Waals surface area (Å²) in [4.78, 5) is 4.20. The summed E-state index contributed by atoms with van der Waals surface area (Å²) < 4.78 is 24.6. The first-order chi connectivity index (χ1) is 8.46. The second-order valence-corrected chi connectivity index (χ2v) is 6.64. The zero-order valence-electron chi connectivity index (χ0n) is 11.3. The average Bonchev–Trinajstić information content (AvgIpc) is 2.64. The first-order valence-corrected chi connectivity index (χ1v) is 8.30. The molecule has 1 atom stereocenters. The zero-order chi connectivity index (χ0) is 13.6. The minimum Gasteiger partial charge on any atom is -0.313 e. The molecular formula is C11H22N4O2S. The van der Waals surface area contributed by atoms with Crippen LogP contribution in [0, 0.1) is 0 Å². The van der Waals surface area contributed by atoms with Crippen LogP contribution in [-0.2, 0) is 22.8 Å². The van der Waals surface area contributed by atoms with Gasteiger partial charge in [-0.3, -0.25) is 4.68 Å². The minimum absolute atomic E-state index is 0.107. The van der Waals surface area contributed by atoms with E-state index in [0.717, 1.165) is 25.3 Å². The smallest absolute Gasteiger partial charge is 0.148 e. The van der Waals surface area contributed by atoms with Crippen molar-refractivity contribution in [2.24, 2.45) is 0 Å². The molecule has 0 bridgehead atoms. The summed E-state index contributed by atoms with van der Waals surface area (Å²) in [6.07, 6.45) is 4.35. The quantitative estimate of drug-likeness (QED) is 0.735. The van der Waals surface area contributed by atoms with Crippen LogP contribution in [-0.4, -0.2) is 47.8 Å². The van der Waals surface area contributed by atoms with Crippen molar-refractivity contribution in [1.82, 2.24) is 20.1 Å². The van der Waals surface area contributed by atoms with E-state index in [4.69, 9.17) is 0 Å². The second kappa shape index (κ2) is 6.84. The highest BCUT2D eigenvalue weighted by molar-refractivity contribution is 7.90. The number of aromatic nitrogens is 3. The van der Waals surface area contributed by atoms with Crippen molar-refractivity contribution in [2.45, 2.75) is 39.3 Å². The SMILES string of the molecule is CCCn1ncnc1CC(CS(C)(=O)=O)NCC. The Hall–Kier alpha value is -0.950. The normalized spacial score (nSPS) is 13.7. The Morgan fingerprint density at radius 3 is 2.72 bits per heavy atom. The lowest BCUT2D eigenvalue weighted by molar-refractivity contribution is 0.503. The molecule has 0 aliphatic rings. The molecule has 104 valence electrons. The molecular weight excluding hydrogens is 252 g/mol. The van der Waals surface area contributed by atoms with Gasteiger partial charge in [-0.15, -0.1) is 0 Å². The maximum absolute atomic E-state index is 11.4. The molecule has 0 saturated carbocycles. The third-order valence-corrected chi connectivity index (χ3v) is 3.56. The second-order valence-electron chi connectivity index (χ2n) is 4.45. The lowest BCUT2D eigenvalue weighted by atomic mass is 10.2. The van der Waals surface area contributed by atoms with Crippen molar-refractivity contribution >= 4 is 9.84 Å². The van der Waals surface area contributed by atoms with Gasteiger partial charge in [0.05, 0.1) is 5.75 Å². The molecule has 0 spiro atoms. The van der Waals surface area contributed by atoms with E-state index in [1.165, 1.54) is 12.6 Å². The molecule has 0 fully saturated rings. The molecule has 1 unspecified atom stereocenters. The van der Waals surface area contributed by atoms with Crippen LogP contribution < -0.4 is 5.32 Å². The Kier molecular flexibility index (Phi) is 5.74. The van der Waals surface area contributed by atoms with Gasteiger partial charge in [-0.1, -0.05) is 13.8 Å². The predicted octanol–water partition coefficient (Wildman–Crippen LogP) is 0.253. The maximum Gasteiger partial charge on any atom is 0.148 e. The molecule has 6 nitrogen and oxygen atoms in total. The van der Waals surface area contributed by atoms with E-state index in [1.807, 2.05) is 11.6 Å². The van der Waals surface area contributed by atoms with Gasteiger partial charge in [0.25, 0.3) is 0 Å². The highest BCUT2D eigenvalue weighted by Gasteiger charge is 2.17. The zero-order valence-corrected chi connectivity index (χ0v) is 12.1. The third kappa shape index (κ3) is 5.14. The first-order valence-electron chi connectivity index (χ1n) is 6.24. The summed E-state index contributed by atoms with van der Waals surface area (Å²) in [5.41, 5.74) is 0. The van der Waals surface area contributed by atoms with Gasteiger partial charge in [0.15, 0.2) is 0 Å². The van der Waals surface area contributed by atoms with Crippen LogP contribution in [0.5, 0.6) is 0 Å². The number of nitrogens with one attached hydrogen (secondary N) is 1. The molecule has 0 radical (unpaired) electrons. The van der Waals surface area contributed by atoms with Gasteiger partial charge in [-0.05, 0) is 13.0 Å². The molecule has 1 aromatic rings. The number of hydrogen-bond acceptors (Lipinski definition) is 5. The van der Waals surface area contributed by atoms with Gasteiger partial charge in [-0.25, -0.2) is 13.4 Å². The van der Waals surface area contributed by atoms with Crippen LogP contribution in [0.3, 0.4) is 0 Å². The number of rotatable bonds is 8.